The number of aliphatic hydroxyl groups is 1. The third-order valence-corrected chi connectivity index (χ3v) is 2.50. The molecule has 2 nitrogen and oxygen atoms in total. The van der Waals surface area contributed by atoms with Crippen molar-refractivity contribution >= 4 is 0 Å². The fourth-order valence-electron chi connectivity index (χ4n) is 1.68. The van der Waals surface area contributed by atoms with Crippen molar-refractivity contribution in [2.24, 2.45) is 5.92 Å². The zero-order chi connectivity index (χ0) is 8.27. The second kappa shape index (κ2) is 4.07. The van der Waals surface area contributed by atoms with E-state index in [4.69, 9.17) is 5.11 Å². The van der Waals surface area contributed by atoms with Crippen molar-refractivity contribution in [2.75, 3.05) is 19.7 Å². The molecule has 0 bridgehead atoms. The van der Waals surface area contributed by atoms with Gasteiger partial charge in [0.15, 0.2) is 0 Å². The second-order valence-corrected chi connectivity index (χ2v) is 3.77. The molecule has 0 aromatic heterocycles. The Kier molecular flexibility index (Phi) is 3.34. The molecule has 1 aliphatic heterocycles. The first-order valence-corrected chi connectivity index (χ1v) is 4.59. The van der Waals surface area contributed by atoms with Crippen LogP contribution >= 0.6 is 0 Å². The normalized spacial score (nSPS) is 23.2. The van der Waals surface area contributed by atoms with Gasteiger partial charge in [-0.1, -0.05) is 6.92 Å². The monoisotopic (exact) mass is 157 g/mol. The van der Waals surface area contributed by atoms with Crippen LogP contribution < -0.4 is 0 Å². The number of hydrogen-bond acceptors (Lipinski definition) is 2. The van der Waals surface area contributed by atoms with Crippen LogP contribution in [-0.2, 0) is 0 Å². The molecule has 1 heterocycles. The van der Waals surface area contributed by atoms with Crippen LogP contribution in [-0.4, -0.2) is 35.7 Å². The molecule has 1 fully saturated rings. The molecular weight excluding hydrogens is 138 g/mol. The smallest absolute Gasteiger partial charge is 0.0431 e. The minimum atomic E-state index is 0.341. The summed E-state index contributed by atoms with van der Waals surface area (Å²) in [4.78, 5) is 2.49. The first kappa shape index (κ1) is 9.01. The SMILES string of the molecule is CC1CN(C(C)CCCO)C1. The molecular formula is C9H19NO. The zero-order valence-corrected chi connectivity index (χ0v) is 7.58. The Labute approximate surface area is 69.2 Å². The van der Waals surface area contributed by atoms with E-state index >= 15 is 0 Å². The quantitative estimate of drug-likeness (QED) is 0.660. The largest absolute Gasteiger partial charge is 0.396 e. The lowest BCUT2D eigenvalue weighted by Gasteiger charge is -2.41. The summed E-state index contributed by atoms with van der Waals surface area (Å²) >= 11 is 0. The van der Waals surface area contributed by atoms with Gasteiger partial charge in [0.05, 0.1) is 0 Å². The molecule has 0 aliphatic carbocycles. The van der Waals surface area contributed by atoms with Crippen molar-refractivity contribution < 1.29 is 5.11 Å². The van der Waals surface area contributed by atoms with Gasteiger partial charge in [-0.05, 0) is 25.7 Å². The standard InChI is InChI=1S/C9H19NO/c1-8-6-10(7-8)9(2)4-3-5-11/h8-9,11H,3-7H2,1-2H3. The number of hydrogen-bond donors (Lipinski definition) is 1. The molecule has 0 amide bonds. The van der Waals surface area contributed by atoms with E-state index in [1.165, 1.54) is 13.1 Å². The fraction of sp³-hybridized carbons (Fsp3) is 1.00. The van der Waals surface area contributed by atoms with E-state index in [1.807, 2.05) is 0 Å². The maximum Gasteiger partial charge on any atom is 0.0431 e. The molecule has 66 valence electrons. The van der Waals surface area contributed by atoms with E-state index in [-0.39, 0.29) is 0 Å². The summed E-state index contributed by atoms with van der Waals surface area (Å²) < 4.78 is 0. The fourth-order valence-corrected chi connectivity index (χ4v) is 1.68. The number of aliphatic hydroxyl groups excluding tert-OH is 1. The molecule has 0 saturated carbocycles. The third kappa shape index (κ3) is 2.46. The third-order valence-electron chi connectivity index (χ3n) is 2.50. The van der Waals surface area contributed by atoms with Crippen molar-refractivity contribution in [2.45, 2.75) is 32.7 Å². The Morgan fingerprint density at radius 1 is 1.55 bits per heavy atom. The lowest BCUT2D eigenvalue weighted by molar-refractivity contribution is 0.0630. The van der Waals surface area contributed by atoms with Crippen molar-refractivity contribution in [3.63, 3.8) is 0 Å². The average Bonchev–Trinajstić information content (AvgIpc) is 1.94. The van der Waals surface area contributed by atoms with Gasteiger partial charge in [-0.3, -0.25) is 0 Å². The summed E-state index contributed by atoms with van der Waals surface area (Å²) in [6.07, 6.45) is 2.09. The molecule has 2 heteroatoms. The zero-order valence-electron chi connectivity index (χ0n) is 7.58. The van der Waals surface area contributed by atoms with Crippen LogP contribution in [0, 0.1) is 5.92 Å². The highest BCUT2D eigenvalue weighted by Crippen LogP contribution is 2.19. The number of nitrogens with zero attached hydrogens (tertiary/aromatic N) is 1. The van der Waals surface area contributed by atoms with Crippen molar-refractivity contribution in [3.05, 3.63) is 0 Å². The van der Waals surface area contributed by atoms with Gasteiger partial charge >= 0.3 is 0 Å². The Bertz CT molecular complexity index is 110. The van der Waals surface area contributed by atoms with Crippen molar-refractivity contribution in [3.8, 4) is 0 Å². The minimum absolute atomic E-state index is 0.341. The van der Waals surface area contributed by atoms with Crippen LogP contribution in [0.15, 0.2) is 0 Å². The molecule has 1 atom stereocenters. The molecule has 1 rings (SSSR count). The summed E-state index contributed by atoms with van der Waals surface area (Å²) in [5.74, 6) is 0.895. The topological polar surface area (TPSA) is 23.5 Å². The first-order chi connectivity index (χ1) is 5.24. The molecule has 0 aromatic rings. The van der Waals surface area contributed by atoms with Gasteiger partial charge in [-0.25, -0.2) is 0 Å². The molecule has 1 saturated heterocycles. The van der Waals surface area contributed by atoms with Crippen LogP contribution in [0.3, 0.4) is 0 Å². The van der Waals surface area contributed by atoms with Gasteiger partial charge in [0.2, 0.25) is 0 Å². The lowest BCUT2D eigenvalue weighted by Crippen LogP contribution is -2.49. The van der Waals surface area contributed by atoms with E-state index in [0.29, 0.717) is 12.6 Å². The van der Waals surface area contributed by atoms with Gasteiger partial charge in [-0.15, -0.1) is 0 Å². The summed E-state index contributed by atoms with van der Waals surface area (Å²) in [6, 6.07) is 0.679. The van der Waals surface area contributed by atoms with E-state index in [2.05, 4.69) is 18.7 Å². The number of rotatable bonds is 4. The summed E-state index contributed by atoms with van der Waals surface area (Å²) in [5, 5.41) is 8.62. The summed E-state index contributed by atoms with van der Waals surface area (Å²) in [5.41, 5.74) is 0. The van der Waals surface area contributed by atoms with Crippen LogP contribution in [0.5, 0.6) is 0 Å². The predicted octanol–water partition coefficient (Wildman–Crippen LogP) is 1.10. The highest BCUT2D eigenvalue weighted by atomic mass is 16.2. The molecule has 0 radical (unpaired) electrons. The number of likely N-dealkylation sites (tertiary alicyclic amines) is 1. The average molecular weight is 157 g/mol. The van der Waals surface area contributed by atoms with Crippen molar-refractivity contribution in [1.82, 2.24) is 4.90 Å². The molecule has 0 aromatic carbocycles. The van der Waals surface area contributed by atoms with E-state index in [1.54, 1.807) is 0 Å². The van der Waals surface area contributed by atoms with Gasteiger partial charge in [-0.2, -0.15) is 0 Å². The first-order valence-electron chi connectivity index (χ1n) is 4.59. The molecule has 0 spiro atoms. The maximum absolute atomic E-state index is 8.62. The highest BCUT2D eigenvalue weighted by Gasteiger charge is 2.25. The lowest BCUT2D eigenvalue weighted by atomic mass is 9.99. The van der Waals surface area contributed by atoms with Gasteiger partial charge in [0, 0.05) is 25.7 Å². The van der Waals surface area contributed by atoms with E-state index < -0.39 is 0 Å². The Hall–Kier alpha value is -0.0800. The van der Waals surface area contributed by atoms with Crippen LogP contribution in [0.25, 0.3) is 0 Å². The Balaban J connectivity index is 2.06. The van der Waals surface area contributed by atoms with Crippen molar-refractivity contribution in [1.29, 1.82) is 0 Å². The molecule has 1 N–H and O–H groups in total. The van der Waals surface area contributed by atoms with E-state index in [0.717, 1.165) is 18.8 Å². The summed E-state index contributed by atoms with van der Waals surface area (Å²) in [7, 11) is 0. The summed E-state index contributed by atoms with van der Waals surface area (Å²) in [6.45, 7) is 7.39. The predicted molar refractivity (Wildman–Crippen MR) is 46.5 cm³/mol. The molecule has 1 aliphatic rings. The highest BCUT2D eigenvalue weighted by molar-refractivity contribution is 4.80. The van der Waals surface area contributed by atoms with Crippen LogP contribution in [0.1, 0.15) is 26.7 Å². The Morgan fingerprint density at radius 3 is 2.64 bits per heavy atom. The molecule has 11 heavy (non-hydrogen) atoms. The van der Waals surface area contributed by atoms with Crippen LogP contribution in [0.4, 0.5) is 0 Å². The Morgan fingerprint density at radius 2 is 2.18 bits per heavy atom. The molecule has 1 unspecified atom stereocenters. The van der Waals surface area contributed by atoms with Gasteiger partial charge in [0.1, 0.15) is 0 Å². The maximum atomic E-state index is 8.62. The van der Waals surface area contributed by atoms with Gasteiger partial charge < -0.3 is 10.0 Å². The van der Waals surface area contributed by atoms with E-state index in [9.17, 15) is 0 Å². The minimum Gasteiger partial charge on any atom is -0.396 e. The van der Waals surface area contributed by atoms with Gasteiger partial charge in [0.25, 0.3) is 0 Å². The second-order valence-electron chi connectivity index (χ2n) is 3.77. The van der Waals surface area contributed by atoms with Crippen LogP contribution in [0.2, 0.25) is 0 Å².